The number of furan rings is 1. The van der Waals surface area contributed by atoms with Gasteiger partial charge < -0.3 is 10.2 Å². The van der Waals surface area contributed by atoms with Crippen molar-refractivity contribution in [2.24, 2.45) is 5.73 Å². The Morgan fingerprint density at radius 1 is 1.15 bits per heavy atom. The summed E-state index contributed by atoms with van der Waals surface area (Å²) in [5.41, 5.74) is 8.99. The summed E-state index contributed by atoms with van der Waals surface area (Å²) in [6.07, 6.45) is 0. The fraction of sp³-hybridized carbons (Fsp3) is 0.125. The molecule has 0 spiro atoms. The lowest BCUT2D eigenvalue weighted by Gasteiger charge is -2.11. The Balaban J connectivity index is 2.05. The lowest BCUT2D eigenvalue weighted by atomic mass is 10.1. The fourth-order valence-corrected chi connectivity index (χ4v) is 2.84. The number of nitrogens with two attached hydrogens (primary N) is 1. The van der Waals surface area contributed by atoms with Gasteiger partial charge in [-0.25, -0.2) is 4.39 Å². The predicted molar refractivity (Wildman–Crippen MR) is 81.1 cm³/mol. The Morgan fingerprint density at radius 2 is 1.95 bits per heavy atom. The average Bonchev–Trinajstić information content (AvgIpc) is 2.81. The number of rotatable bonds is 2. The van der Waals surface area contributed by atoms with Crippen LogP contribution in [0, 0.1) is 12.7 Å². The molecule has 102 valence electrons. The second kappa shape index (κ2) is 5.04. The lowest BCUT2D eigenvalue weighted by Crippen LogP contribution is -2.11. The zero-order valence-corrected chi connectivity index (χ0v) is 12.4. The molecule has 2 nitrogen and oxygen atoms in total. The smallest absolute Gasteiger partial charge is 0.134 e. The SMILES string of the molecule is Cc1ccc2oc(C(N)c3ccc(F)cc3Br)cc2c1. The molecule has 0 fully saturated rings. The Hall–Kier alpha value is -1.65. The molecule has 1 atom stereocenters. The van der Waals surface area contributed by atoms with Crippen molar-refractivity contribution in [2.45, 2.75) is 13.0 Å². The van der Waals surface area contributed by atoms with E-state index in [-0.39, 0.29) is 5.82 Å². The summed E-state index contributed by atoms with van der Waals surface area (Å²) in [6, 6.07) is 11.9. The van der Waals surface area contributed by atoms with Crippen LogP contribution < -0.4 is 5.73 Å². The number of fused-ring (bicyclic) bond motifs is 1. The van der Waals surface area contributed by atoms with Crippen LogP contribution in [-0.4, -0.2) is 0 Å². The Kier molecular flexibility index (Phi) is 3.36. The van der Waals surface area contributed by atoms with E-state index in [1.54, 1.807) is 6.07 Å². The molecule has 2 N–H and O–H groups in total. The van der Waals surface area contributed by atoms with Gasteiger partial charge in [-0.05, 0) is 42.8 Å². The minimum atomic E-state index is -0.433. The largest absolute Gasteiger partial charge is 0.459 e. The molecule has 1 heterocycles. The summed E-state index contributed by atoms with van der Waals surface area (Å²) >= 11 is 3.34. The van der Waals surface area contributed by atoms with Crippen molar-refractivity contribution < 1.29 is 8.81 Å². The lowest BCUT2D eigenvalue weighted by molar-refractivity contribution is 0.523. The van der Waals surface area contributed by atoms with E-state index in [1.165, 1.54) is 17.7 Å². The van der Waals surface area contributed by atoms with Gasteiger partial charge in [-0.2, -0.15) is 0 Å². The molecular weight excluding hydrogens is 321 g/mol. The average molecular weight is 334 g/mol. The van der Waals surface area contributed by atoms with Crippen molar-refractivity contribution in [1.82, 2.24) is 0 Å². The third-order valence-corrected chi connectivity index (χ3v) is 3.98. The zero-order chi connectivity index (χ0) is 14.3. The van der Waals surface area contributed by atoms with Crippen molar-refractivity contribution in [2.75, 3.05) is 0 Å². The molecule has 20 heavy (non-hydrogen) atoms. The zero-order valence-electron chi connectivity index (χ0n) is 10.9. The highest BCUT2D eigenvalue weighted by Crippen LogP contribution is 2.31. The summed E-state index contributed by atoms with van der Waals surface area (Å²) in [5.74, 6) is 0.367. The first kappa shape index (κ1) is 13.3. The van der Waals surface area contributed by atoms with Crippen LogP contribution >= 0.6 is 15.9 Å². The molecule has 0 aliphatic rings. The maximum absolute atomic E-state index is 13.1. The van der Waals surface area contributed by atoms with Crippen LogP contribution in [0.15, 0.2) is 51.4 Å². The predicted octanol–water partition coefficient (Wildman–Crippen LogP) is 4.69. The quantitative estimate of drug-likeness (QED) is 0.738. The number of hydrogen-bond acceptors (Lipinski definition) is 2. The molecule has 3 aromatic rings. The van der Waals surface area contributed by atoms with Gasteiger partial charge in [0, 0.05) is 9.86 Å². The van der Waals surface area contributed by atoms with Gasteiger partial charge in [-0.3, -0.25) is 0 Å². The monoisotopic (exact) mass is 333 g/mol. The number of hydrogen-bond donors (Lipinski definition) is 1. The first-order valence-electron chi connectivity index (χ1n) is 6.25. The molecular formula is C16H13BrFNO. The Bertz CT molecular complexity index is 781. The van der Waals surface area contributed by atoms with Crippen LogP contribution in [0.4, 0.5) is 4.39 Å². The molecule has 0 saturated carbocycles. The van der Waals surface area contributed by atoms with Gasteiger partial charge in [0.15, 0.2) is 0 Å². The summed E-state index contributed by atoms with van der Waals surface area (Å²) in [6.45, 7) is 2.03. The second-order valence-corrected chi connectivity index (χ2v) is 5.69. The van der Waals surface area contributed by atoms with Gasteiger partial charge >= 0.3 is 0 Å². The van der Waals surface area contributed by atoms with E-state index in [0.717, 1.165) is 16.5 Å². The van der Waals surface area contributed by atoms with Crippen molar-refractivity contribution in [3.8, 4) is 0 Å². The maximum atomic E-state index is 13.1. The minimum Gasteiger partial charge on any atom is -0.459 e. The van der Waals surface area contributed by atoms with E-state index >= 15 is 0 Å². The van der Waals surface area contributed by atoms with Crippen LogP contribution in [0.3, 0.4) is 0 Å². The molecule has 0 aliphatic carbocycles. The molecule has 0 aliphatic heterocycles. The highest BCUT2D eigenvalue weighted by molar-refractivity contribution is 9.10. The molecule has 2 aromatic carbocycles. The topological polar surface area (TPSA) is 39.2 Å². The van der Waals surface area contributed by atoms with Gasteiger partial charge in [-0.15, -0.1) is 0 Å². The summed E-state index contributed by atoms with van der Waals surface area (Å²) in [5, 5.41) is 1.02. The van der Waals surface area contributed by atoms with Crippen molar-refractivity contribution in [3.05, 3.63) is 69.6 Å². The van der Waals surface area contributed by atoms with E-state index in [0.29, 0.717) is 10.2 Å². The Labute approximate surface area is 124 Å². The van der Waals surface area contributed by atoms with Crippen molar-refractivity contribution >= 4 is 26.9 Å². The normalized spacial score (nSPS) is 12.8. The molecule has 0 radical (unpaired) electrons. The highest BCUT2D eigenvalue weighted by atomic mass is 79.9. The molecule has 0 amide bonds. The van der Waals surface area contributed by atoms with E-state index in [1.807, 2.05) is 25.1 Å². The van der Waals surface area contributed by atoms with Gasteiger partial charge in [0.05, 0.1) is 6.04 Å². The first-order valence-corrected chi connectivity index (χ1v) is 7.04. The first-order chi connectivity index (χ1) is 9.54. The molecule has 1 aromatic heterocycles. The van der Waals surface area contributed by atoms with Gasteiger partial charge in [0.2, 0.25) is 0 Å². The van der Waals surface area contributed by atoms with Crippen molar-refractivity contribution in [3.63, 3.8) is 0 Å². The minimum absolute atomic E-state index is 0.298. The Morgan fingerprint density at radius 3 is 2.70 bits per heavy atom. The van der Waals surface area contributed by atoms with Crippen LogP contribution in [0.1, 0.15) is 22.9 Å². The second-order valence-electron chi connectivity index (χ2n) is 4.83. The van der Waals surface area contributed by atoms with E-state index in [2.05, 4.69) is 22.0 Å². The number of halogens is 2. The molecule has 4 heteroatoms. The molecule has 3 rings (SSSR count). The summed E-state index contributed by atoms with van der Waals surface area (Å²) in [7, 11) is 0. The van der Waals surface area contributed by atoms with E-state index in [9.17, 15) is 4.39 Å². The van der Waals surface area contributed by atoms with Crippen LogP contribution in [0.25, 0.3) is 11.0 Å². The third kappa shape index (κ3) is 2.37. The van der Waals surface area contributed by atoms with Crippen LogP contribution in [-0.2, 0) is 0 Å². The van der Waals surface area contributed by atoms with Gasteiger partial charge in [0.25, 0.3) is 0 Å². The van der Waals surface area contributed by atoms with E-state index in [4.69, 9.17) is 10.2 Å². The van der Waals surface area contributed by atoms with Crippen molar-refractivity contribution in [1.29, 1.82) is 0 Å². The van der Waals surface area contributed by atoms with Crippen LogP contribution in [0.2, 0.25) is 0 Å². The highest BCUT2D eigenvalue weighted by Gasteiger charge is 2.17. The molecule has 0 saturated heterocycles. The van der Waals surface area contributed by atoms with Gasteiger partial charge in [-0.1, -0.05) is 33.6 Å². The maximum Gasteiger partial charge on any atom is 0.134 e. The summed E-state index contributed by atoms with van der Waals surface area (Å²) in [4.78, 5) is 0. The molecule has 1 unspecified atom stereocenters. The standard InChI is InChI=1S/C16H13BrFNO/c1-9-2-5-14-10(6-9)7-15(20-14)16(19)12-4-3-11(18)8-13(12)17/h2-8,16H,19H2,1H3. The van der Waals surface area contributed by atoms with E-state index < -0.39 is 6.04 Å². The summed E-state index contributed by atoms with van der Waals surface area (Å²) < 4.78 is 19.6. The van der Waals surface area contributed by atoms with Gasteiger partial charge in [0.1, 0.15) is 17.2 Å². The molecule has 0 bridgehead atoms. The van der Waals surface area contributed by atoms with Crippen LogP contribution in [0.5, 0.6) is 0 Å². The fourth-order valence-electron chi connectivity index (χ4n) is 2.24. The number of aryl methyl sites for hydroxylation is 1. The third-order valence-electron chi connectivity index (χ3n) is 3.29. The number of benzene rings is 2.